The van der Waals surface area contributed by atoms with E-state index in [0.29, 0.717) is 18.3 Å². The molecular weight excluding hydrogens is 355 g/mol. The quantitative estimate of drug-likeness (QED) is 0.671. The molecule has 1 aliphatic carbocycles. The Morgan fingerprint density at radius 2 is 1.86 bits per heavy atom. The van der Waals surface area contributed by atoms with Gasteiger partial charge in [0, 0.05) is 18.6 Å². The summed E-state index contributed by atoms with van der Waals surface area (Å²) >= 11 is 0. The summed E-state index contributed by atoms with van der Waals surface area (Å²) in [6, 6.07) is 11.0. The molecule has 5 heteroatoms. The number of halogens is 1. The van der Waals surface area contributed by atoms with Crippen LogP contribution in [0, 0.1) is 5.82 Å². The van der Waals surface area contributed by atoms with Crippen LogP contribution in [-0.4, -0.2) is 22.9 Å². The van der Waals surface area contributed by atoms with Gasteiger partial charge in [-0.05, 0) is 56.0 Å². The molecule has 152 valence electrons. The average molecular weight is 387 g/mol. The van der Waals surface area contributed by atoms with Crippen molar-refractivity contribution in [2.24, 2.45) is 0 Å². The highest BCUT2D eigenvalue weighted by atomic mass is 19.1. The van der Waals surface area contributed by atoms with E-state index in [-0.39, 0.29) is 17.8 Å². The van der Waals surface area contributed by atoms with Gasteiger partial charge in [-0.1, -0.05) is 38.3 Å². The monoisotopic (exact) mass is 386 g/mol. The van der Waals surface area contributed by atoms with Crippen molar-refractivity contribution in [3.05, 3.63) is 59.3 Å². The van der Waals surface area contributed by atoms with Gasteiger partial charge in [-0.3, -0.25) is 9.69 Å². The number of furan rings is 1. The van der Waals surface area contributed by atoms with Crippen molar-refractivity contribution < 1.29 is 13.6 Å². The minimum Gasteiger partial charge on any atom is -0.455 e. The lowest BCUT2D eigenvalue weighted by atomic mass is 9.93. The third-order valence-corrected chi connectivity index (χ3v) is 5.62. The molecule has 4 nitrogen and oxygen atoms in total. The van der Waals surface area contributed by atoms with Crippen molar-refractivity contribution >= 4 is 5.91 Å². The molecular formula is C23H31FN2O2. The van der Waals surface area contributed by atoms with Crippen molar-refractivity contribution in [2.75, 3.05) is 0 Å². The molecule has 1 heterocycles. The Kier molecular flexibility index (Phi) is 7.26. The third-order valence-electron chi connectivity index (χ3n) is 5.62. The molecule has 1 amide bonds. The minimum atomic E-state index is -0.212. The van der Waals surface area contributed by atoms with Crippen molar-refractivity contribution in [3.63, 3.8) is 0 Å². The molecule has 0 aliphatic heterocycles. The fourth-order valence-corrected chi connectivity index (χ4v) is 3.77. The Balaban J connectivity index is 1.70. The standard InChI is InChI=1S/C23H31FN2O2/c1-3-17(2)25-23(27)22-14-13-21(28-22)16-26(20-7-5-4-6-8-20)15-18-9-11-19(24)12-10-18/h9-14,17,20H,3-8,15-16H2,1-2H3,(H,25,27). The van der Waals surface area contributed by atoms with E-state index >= 15 is 0 Å². The molecule has 0 radical (unpaired) electrons. The first-order valence-electron chi connectivity index (χ1n) is 10.4. The van der Waals surface area contributed by atoms with Crippen LogP contribution in [0.4, 0.5) is 4.39 Å². The first kappa shape index (κ1) is 20.6. The zero-order valence-electron chi connectivity index (χ0n) is 16.9. The maximum Gasteiger partial charge on any atom is 0.287 e. The molecule has 1 saturated carbocycles. The average Bonchev–Trinajstić information content (AvgIpc) is 3.18. The summed E-state index contributed by atoms with van der Waals surface area (Å²) < 4.78 is 19.1. The molecule has 1 fully saturated rings. The minimum absolute atomic E-state index is 0.123. The summed E-state index contributed by atoms with van der Waals surface area (Å²) in [5.41, 5.74) is 1.09. The SMILES string of the molecule is CCC(C)NC(=O)c1ccc(CN(Cc2ccc(F)cc2)C2CCCCC2)o1. The summed E-state index contributed by atoms with van der Waals surface area (Å²) in [5, 5.41) is 2.94. The van der Waals surface area contributed by atoms with Crippen molar-refractivity contribution in [1.82, 2.24) is 10.2 Å². The highest BCUT2D eigenvalue weighted by Crippen LogP contribution is 2.26. The van der Waals surface area contributed by atoms with Gasteiger partial charge in [0.25, 0.3) is 5.91 Å². The number of carbonyl (C=O) groups excluding carboxylic acids is 1. The predicted octanol–water partition coefficient (Wildman–Crippen LogP) is 5.28. The van der Waals surface area contributed by atoms with Crippen LogP contribution >= 0.6 is 0 Å². The van der Waals surface area contributed by atoms with Gasteiger partial charge in [0.1, 0.15) is 11.6 Å². The smallest absolute Gasteiger partial charge is 0.287 e. The van der Waals surface area contributed by atoms with Crippen LogP contribution in [0.2, 0.25) is 0 Å². The molecule has 1 N–H and O–H groups in total. The second-order valence-corrected chi connectivity index (χ2v) is 7.87. The van der Waals surface area contributed by atoms with Gasteiger partial charge < -0.3 is 9.73 Å². The fourth-order valence-electron chi connectivity index (χ4n) is 3.77. The van der Waals surface area contributed by atoms with Gasteiger partial charge in [0.05, 0.1) is 6.54 Å². The maximum atomic E-state index is 13.3. The number of amides is 1. The Labute approximate surface area is 167 Å². The molecule has 28 heavy (non-hydrogen) atoms. The number of rotatable bonds is 8. The van der Waals surface area contributed by atoms with E-state index in [1.165, 1.54) is 44.2 Å². The van der Waals surface area contributed by atoms with Crippen LogP contribution in [0.15, 0.2) is 40.8 Å². The summed E-state index contributed by atoms with van der Waals surface area (Å²) in [5.74, 6) is 0.780. The van der Waals surface area contributed by atoms with E-state index in [1.807, 2.05) is 32.0 Å². The zero-order valence-corrected chi connectivity index (χ0v) is 16.9. The largest absolute Gasteiger partial charge is 0.455 e. The first-order valence-corrected chi connectivity index (χ1v) is 10.4. The molecule has 1 atom stereocenters. The molecule has 1 unspecified atom stereocenters. The molecule has 1 aromatic heterocycles. The van der Waals surface area contributed by atoms with Gasteiger partial charge in [0.2, 0.25) is 0 Å². The van der Waals surface area contributed by atoms with E-state index in [4.69, 9.17) is 4.42 Å². The van der Waals surface area contributed by atoms with Gasteiger partial charge in [-0.2, -0.15) is 0 Å². The lowest BCUT2D eigenvalue weighted by Crippen LogP contribution is -2.35. The van der Waals surface area contributed by atoms with Crippen molar-refractivity contribution in [3.8, 4) is 0 Å². The van der Waals surface area contributed by atoms with Crippen LogP contribution in [0.1, 0.15) is 74.3 Å². The molecule has 0 spiro atoms. The number of nitrogens with zero attached hydrogens (tertiary/aromatic N) is 1. The maximum absolute atomic E-state index is 13.3. The topological polar surface area (TPSA) is 45.5 Å². The van der Waals surface area contributed by atoms with E-state index < -0.39 is 0 Å². The molecule has 1 aliphatic rings. The Hall–Kier alpha value is -2.14. The van der Waals surface area contributed by atoms with Crippen LogP contribution in [-0.2, 0) is 13.1 Å². The van der Waals surface area contributed by atoms with Gasteiger partial charge >= 0.3 is 0 Å². The van der Waals surface area contributed by atoms with Crippen molar-refractivity contribution in [2.45, 2.75) is 77.5 Å². The highest BCUT2D eigenvalue weighted by Gasteiger charge is 2.23. The molecule has 0 saturated heterocycles. The van der Waals surface area contributed by atoms with Gasteiger partial charge in [-0.15, -0.1) is 0 Å². The number of hydrogen-bond acceptors (Lipinski definition) is 3. The lowest BCUT2D eigenvalue weighted by molar-refractivity contribution is 0.0901. The number of hydrogen-bond donors (Lipinski definition) is 1. The number of carbonyl (C=O) groups is 1. The highest BCUT2D eigenvalue weighted by molar-refractivity contribution is 5.91. The van der Waals surface area contributed by atoms with E-state index in [1.54, 1.807) is 6.07 Å². The molecule has 0 bridgehead atoms. The summed E-state index contributed by atoms with van der Waals surface area (Å²) in [7, 11) is 0. The van der Waals surface area contributed by atoms with Crippen molar-refractivity contribution in [1.29, 1.82) is 0 Å². The summed E-state index contributed by atoms with van der Waals surface area (Å²) in [4.78, 5) is 14.7. The second kappa shape index (κ2) is 9.87. The lowest BCUT2D eigenvalue weighted by Gasteiger charge is -2.34. The van der Waals surface area contributed by atoms with E-state index in [9.17, 15) is 9.18 Å². The Morgan fingerprint density at radius 1 is 1.14 bits per heavy atom. The molecule has 2 aromatic rings. The molecule has 1 aromatic carbocycles. The van der Waals surface area contributed by atoms with Crippen LogP contribution in [0.5, 0.6) is 0 Å². The number of nitrogens with one attached hydrogen (secondary N) is 1. The summed E-state index contributed by atoms with van der Waals surface area (Å²) in [6.07, 6.45) is 7.00. The van der Waals surface area contributed by atoms with Crippen LogP contribution < -0.4 is 5.32 Å². The third kappa shape index (κ3) is 5.68. The Morgan fingerprint density at radius 3 is 2.54 bits per heavy atom. The Bertz CT molecular complexity index is 750. The normalized spacial score (nSPS) is 16.3. The second-order valence-electron chi connectivity index (χ2n) is 7.87. The van der Waals surface area contributed by atoms with E-state index in [0.717, 1.165) is 24.3 Å². The van der Waals surface area contributed by atoms with E-state index in [2.05, 4.69) is 10.2 Å². The van der Waals surface area contributed by atoms with Gasteiger partial charge in [-0.25, -0.2) is 4.39 Å². The first-order chi connectivity index (χ1) is 13.5. The van der Waals surface area contributed by atoms with Crippen LogP contribution in [0.3, 0.4) is 0 Å². The predicted molar refractivity (Wildman–Crippen MR) is 108 cm³/mol. The molecule has 3 rings (SSSR count). The zero-order chi connectivity index (χ0) is 19.9. The fraction of sp³-hybridized carbons (Fsp3) is 0.522. The van der Waals surface area contributed by atoms with Gasteiger partial charge in [0.15, 0.2) is 5.76 Å². The number of benzene rings is 1. The van der Waals surface area contributed by atoms with Crippen LogP contribution in [0.25, 0.3) is 0 Å². The summed E-state index contributed by atoms with van der Waals surface area (Å²) in [6.45, 7) is 5.42.